The number of rotatable bonds is 6. The highest BCUT2D eigenvalue weighted by molar-refractivity contribution is 6.18. The second kappa shape index (κ2) is 7.14. The number of carbonyl (C=O) groups excluding carboxylic acids is 1. The average molecular weight is 307 g/mol. The van der Waals surface area contributed by atoms with Crippen LogP contribution in [0.25, 0.3) is 0 Å². The van der Waals surface area contributed by atoms with Crippen molar-refractivity contribution in [1.29, 1.82) is 0 Å². The van der Waals surface area contributed by atoms with Crippen molar-refractivity contribution in [2.45, 2.75) is 13.3 Å². The topological polar surface area (TPSA) is 63.5 Å². The monoisotopic (exact) mass is 306 g/mol. The number of nitro groups is 1. The Hall–Kier alpha value is -1.76. The highest BCUT2D eigenvalue weighted by Crippen LogP contribution is 2.23. The second-order valence-corrected chi connectivity index (χ2v) is 4.40. The molecule has 0 saturated carbocycles. The fraction of sp³-hybridized carbons (Fsp3) is 0.417. The quantitative estimate of drug-likeness (QED) is 0.461. The van der Waals surface area contributed by atoms with Gasteiger partial charge in [-0.15, -0.1) is 11.6 Å². The van der Waals surface area contributed by atoms with Crippen molar-refractivity contribution in [3.8, 4) is 0 Å². The molecule has 1 amide bonds. The van der Waals surface area contributed by atoms with Crippen LogP contribution in [-0.4, -0.2) is 34.7 Å². The molecular weight excluding hydrogens is 294 g/mol. The van der Waals surface area contributed by atoms with E-state index < -0.39 is 33.7 Å². The maximum Gasteiger partial charge on any atom is 0.308 e. The molecule has 110 valence electrons. The lowest BCUT2D eigenvalue weighted by Crippen LogP contribution is -2.34. The van der Waals surface area contributed by atoms with Crippen LogP contribution in [0.5, 0.6) is 0 Å². The van der Waals surface area contributed by atoms with Gasteiger partial charge in [0.2, 0.25) is 5.82 Å². The van der Waals surface area contributed by atoms with E-state index in [0.717, 1.165) is 0 Å². The molecule has 0 spiro atoms. The molecule has 0 fully saturated rings. The lowest BCUT2D eigenvalue weighted by Gasteiger charge is -2.21. The maximum atomic E-state index is 13.9. The molecule has 8 heteroatoms. The molecule has 5 nitrogen and oxygen atoms in total. The fourth-order valence-electron chi connectivity index (χ4n) is 1.72. The van der Waals surface area contributed by atoms with Gasteiger partial charge in [0, 0.05) is 19.0 Å². The van der Waals surface area contributed by atoms with Crippen LogP contribution in [0.1, 0.15) is 23.7 Å². The first-order valence-electron chi connectivity index (χ1n) is 5.91. The molecule has 0 aliphatic rings. The first-order valence-corrected chi connectivity index (χ1v) is 6.44. The molecule has 0 atom stereocenters. The molecule has 0 aliphatic carbocycles. The minimum absolute atomic E-state index is 0.130. The summed E-state index contributed by atoms with van der Waals surface area (Å²) in [7, 11) is 0. The number of nitro benzene ring substituents is 1. The summed E-state index contributed by atoms with van der Waals surface area (Å²) in [5.41, 5.74) is -1.72. The Kier molecular flexibility index (Phi) is 5.82. The lowest BCUT2D eigenvalue weighted by molar-refractivity contribution is -0.387. The number of nitrogens with zero attached hydrogens (tertiary/aromatic N) is 2. The molecule has 0 saturated heterocycles. The third-order valence-electron chi connectivity index (χ3n) is 2.58. The van der Waals surface area contributed by atoms with E-state index in [9.17, 15) is 23.7 Å². The Labute approximate surface area is 119 Å². The maximum absolute atomic E-state index is 13.9. The van der Waals surface area contributed by atoms with Crippen molar-refractivity contribution in [3.63, 3.8) is 0 Å². The zero-order valence-electron chi connectivity index (χ0n) is 10.7. The minimum Gasteiger partial charge on any atom is -0.337 e. The number of hydrogen-bond donors (Lipinski definition) is 0. The van der Waals surface area contributed by atoms with E-state index in [1.165, 1.54) is 4.90 Å². The van der Waals surface area contributed by atoms with Gasteiger partial charge in [-0.1, -0.05) is 6.92 Å². The Morgan fingerprint density at radius 3 is 2.55 bits per heavy atom. The number of hydrogen-bond acceptors (Lipinski definition) is 3. The van der Waals surface area contributed by atoms with Gasteiger partial charge >= 0.3 is 5.69 Å². The van der Waals surface area contributed by atoms with Crippen molar-refractivity contribution in [1.82, 2.24) is 4.90 Å². The number of alkyl halides is 1. The van der Waals surface area contributed by atoms with E-state index in [1.54, 1.807) is 6.92 Å². The highest BCUT2D eigenvalue weighted by atomic mass is 35.5. The van der Waals surface area contributed by atoms with Crippen molar-refractivity contribution in [3.05, 3.63) is 39.4 Å². The zero-order chi connectivity index (χ0) is 15.3. The van der Waals surface area contributed by atoms with Crippen LogP contribution in [0.15, 0.2) is 12.1 Å². The van der Waals surface area contributed by atoms with Crippen LogP contribution in [0.2, 0.25) is 0 Å². The Balaban J connectivity index is 3.23. The predicted octanol–water partition coefficient (Wildman–Crippen LogP) is 2.96. The number of halogens is 3. The first kappa shape index (κ1) is 16.3. The predicted molar refractivity (Wildman–Crippen MR) is 69.9 cm³/mol. The zero-order valence-corrected chi connectivity index (χ0v) is 11.5. The Morgan fingerprint density at radius 1 is 1.40 bits per heavy atom. The first-order chi connectivity index (χ1) is 9.42. The van der Waals surface area contributed by atoms with Crippen LogP contribution in [-0.2, 0) is 0 Å². The molecule has 1 aromatic carbocycles. The second-order valence-electron chi connectivity index (χ2n) is 4.02. The lowest BCUT2D eigenvalue weighted by atomic mass is 10.1. The standard InChI is InChI=1S/C12H13ClF2N2O3/c1-2-4-16(5-3-13)12(18)9-6-8(14)7-10(11(9)15)17(19)20/h6-7H,2-5H2,1H3. The van der Waals surface area contributed by atoms with Crippen LogP contribution in [0.4, 0.5) is 14.5 Å². The third kappa shape index (κ3) is 3.63. The van der Waals surface area contributed by atoms with Crippen molar-refractivity contribution >= 4 is 23.2 Å². The van der Waals surface area contributed by atoms with Gasteiger partial charge in [-0.25, -0.2) is 4.39 Å². The number of amides is 1. The van der Waals surface area contributed by atoms with Crippen LogP contribution in [0, 0.1) is 21.7 Å². The van der Waals surface area contributed by atoms with Gasteiger partial charge in [0.05, 0.1) is 16.6 Å². The van der Waals surface area contributed by atoms with Crippen molar-refractivity contribution < 1.29 is 18.5 Å². The van der Waals surface area contributed by atoms with Gasteiger partial charge in [-0.3, -0.25) is 14.9 Å². The summed E-state index contributed by atoms with van der Waals surface area (Å²) in [6, 6.07) is 1.10. The van der Waals surface area contributed by atoms with E-state index in [1.807, 2.05) is 0 Å². The fourth-order valence-corrected chi connectivity index (χ4v) is 1.92. The van der Waals surface area contributed by atoms with E-state index in [4.69, 9.17) is 11.6 Å². The average Bonchev–Trinajstić information content (AvgIpc) is 2.39. The van der Waals surface area contributed by atoms with E-state index >= 15 is 0 Å². The summed E-state index contributed by atoms with van der Waals surface area (Å²) in [5, 5.41) is 10.6. The molecule has 20 heavy (non-hydrogen) atoms. The summed E-state index contributed by atoms with van der Waals surface area (Å²) < 4.78 is 27.2. The summed E-state index contributed by atoms with van der Waals surface area (Å²) >= 11 is 5.55. The van der Waals surface area contributed by atoms with Gasteiger partial charge < -0.3 is 4.90 Å². The van der Waals surface area contributed by atoms with E-state index in [-0.39, 0.29) is 12.4 Å². The molecule has 0 heterocycles. The number of carbonyl (C=O) groups is 1. The molecule has 0 aromatic heterocycles. The van der Waals surface area contributed by atoms with Gasteiger partial charge in [0.15, 0.2) is 0 Å². The molecular formula is C12H13ClF2N2O3. The number of benzene rings is 1. The van der Waals surface area contributed by atoms with Crippen LogP contribution >= 0.6 is 11.6 Å². The van der Waals surface area contributed by atoms with Crippen molar-refractivity contribution in [2.24, 2.45) is 0 Å². The smallest absolute Gasteiger partial charge is 0.308 e. The van der Waals surface area contributed by atoms with Gasteiger partial charge in [-0.2, -0.15) is 4.39 Å². The normalized spacial score (nSPS) is 10.4. The summed E-state index contributed by atoms with van der Waals surface area (Å²) in [6.45, 7) is 2.26. The van der Waals surface area contributed by atoms with Gasteiger partial charge in [0.25, 0.3) is 5.91 Å². The van der Waals surface area contributed by atoms with Crippen LogP contribution in [0.3, 0.4) is 0 Å². The summed E-state index contributed by atoms with van der Waals surface area (Å²) in [5.74, 6) is -3.06. The largest absolute Gasteiger partial charge is 0.337 e. The SMILES string of the molecule is CCCN(CCCl)C(=O)c1cc(F)cc([N+](=O)[O-])c1F. The molecule has 1 aromatic rings. The van der Waals surface area contributed by atoms with E-state index in [2.05, 4.69) is 0 Å². The highest BCUT2D eigenvalue weighted by Gasteiger charge is 2.26. The van der Waals surface area contributed by atoms with E-state index in [0.29, 0.717) is 25.1 Å². The third-order valence-corrected chi connectivity index (χ3v) is 2.75. The van der Waals surface area contributed by atoms with Crippen molar-refractivity contribution in [2.75, 3.05) is 19.0 Å². The molecule has 0 unspecified atom stereocenters. The Bertz CT molecular complexity index is 520. The molecule has 0 aliphatic heterocycles. The Morgan fingerprint density at radius 2 is 2.05 bits per heavy atom. The molecule has 0 N–H and O–H groups in total. The van der Waals surface area contributed by atoms with Gasteiger partial charge in [-0.05, 0) is 12.5 Å². The molecule has 1 rings (SSSR count). The van der Waals surface area contributed by atoms with Gasteiger partial charge in [0.1, 0.15) is 5.82 Å². The minimum atomic E-state index is -1.34. The summed E-state index contributed by atoms with van der Waals surface area (Å²) in [4.78, 5) is 22.9. The molecule has 0 bridgehead atoms. The summed E-state index contributed by atoms with van der Waals surface area (Å²) in [6.07, 6.45) is 0.599. The molecule has 0 radical (unpaired) electrons. The van der Waals surface area contributed by atoms with Crippen LogP contribution < -0.4 is 0 Å².